The first-order valence-corrected chi connectivity index (χ1v) is 8.72. The molecule has 0 bridgehead atoms. The number of anilines is 2. The lowest BCUT2D eigenvalue weighted by Gasteiger charge is -2.10. The minimum Gasteiger partial charge on any atom is -0.322 e. The zero-order chi connectivity index (χ0) is 19.4. The van der Waals surface area contributed by atoms with Gasteiger partial charge in [0.05, 0.1) is 0 Å². The van der Waals surface area contributed by atoms with Gasteiger partial charge in [0.15, 0.2) is 0 Å². The van der Waals surface area contributed by atoms with E-state index in [1.54, 1.807) is 24.3 Å². The number of carbonyl (C=O) groups is 2. The van der Waals surface area contributed by atoms with Crippen molar-refractivity contribution in [2.75, 3.05) is 10.6 Å². The van der Waals surface area contributed by atoms with E-state index in [0.717, 1.165) is 11.1 Å². The summed E-state index contributed by atoms with van der Waals surface area (Å²) in [5.41, 5.74) is 3.66. The number of hydrogen-bond donors (Lipinski definition) is 2. The van der Waals surface area contributed by atoms with Crippen molar-refractivity contribution < 1.29 is 9.59 Å². The van der Waals surface area contributed by atoms with E-state index in [-0.39, 0.29) is 17.5 Å². The number of nitrogens with zero attached hydrogens (tertiary/aromatic N) is 1. The summed E-state index contributed by atoms with van der Waals surface area (Å²) >= 11 is 5.94. The Morgan fingerprint density at radius 1 is 0.852 bits per heavy atom. The second-order valence-corrected chi connectivity index (χ2v) is 6.55. The monoisotopic (exact) mass is 379 g/mol. The minimum absolute atomic E-state index is 0.165. The van der Waals surface area contributed by atoms with Crippen LogP contribution in [0.2, 0.25) is 5.02 Å². The van der Waals surface area contributed by atoms with Crippen LogP contribution in [0.5, 0.6) is 0 Å². The summed E-state index contributed by atoms with van der Waals surface area (Å²) in [6, 6.07) is 15.7. The molecule has 2 aromatic carbocycles. The number of hydrogen-bond acceptors (Lipinski definition) is 3. The van der Waals surface area contributed by atoms with Crippen LogP contribution in [-0.4, -0.2) is 16.8 Å². The van der Waals surface area contributed by atoms with Gasteiger partial charge in [0.25, 0.3) is 11.8 Å². The van der Waals surface area contributed by atoms with Crippen LogP contribution in [-0.2, 0) is 0 Å². The maximum absolute atomic E-state index is 12.5. The van der Waals surface area contributed by atoms with Gasteiger partial charge in [-0.3, -0.25) is 14.6 Å². The molecule has 136 valence electrons. The number of aromatic nitrogens is 1. The Morgan fingerprint density at radius 3 is 2.30 bits per heavy atom. The van der Waals surface area contributed by atoms with Crippen molar-refractivity contribution in [1.82, 2.24) is 4.98 Å². The van der Waals surface area contributed by atoms with Gasteiger partial charge < -0.3 is 10.6 Å². The molecule has 0 unspecified atom stereocenters. The number of halogens is 1. The summed E-state index contributed by atoms with van der Waals surface area (Å²) in [7, 11) is 0. The van der Waals surface area contributed by atoms with Gasteiger partial charge in [-0.25, -0.2) is 0 Å². The van der Waals surface area contributed by atoms with Gasteiger partial charge >= 0.3 is 0 Å². The number of nitrogens with one attached hydrogen (secondary N) is 2. The van der Waals surface area contributed by atoms with Gasteiger partial charge in [0.1, 0.15) is 5.69 Å². The molecule has 2 N–H and O–H groups in total. The molecule has 0 saturated carbocycles. The zero-order valence-electron chi connectivity index (χ0n) is 14.9. The maximum Gasteiger partial charge on any atom is 0.274 e. The fraction of sp³-hybridized carbons (Fsp3) is 0.0952. The first-order valence-electron chi connectivity index (χ1n) is 8.34. The molecule has 3 aromatic rings. The van der Waals surface area contributed by atoms with Crippen molar-refractivity contribution in [3.05, 3.63) is 88.2 Å². The molecule has 6 heteroatoms. The molecule has 0 saturated heterocycles. The number of rotatable bonds is 4. The smallest absolute Gasteiger partial charge is 0.274 e. The van der Waals surface area contributed by atoms with Gasteiger partial charge in [-0.05, 0) is 61.4 Å². The SMILES string of the molecule is Cc1cc(Cl)ccc1NC(=O)c1ccnc(C(=O)Nc2ccccc2C)c1. The predicted octanol–water partition coefficient (Wildman–Crippen LogP) is 4.86. The lowest BCUT2D eigenvalue weighted by molar-refractivity contribution is 0.102. The van der Waals surface area contributed by atoms with Crippen LogP contribution in [0.1, 0.15) is 32.0 Å². The molecule has 0 aliphatic rings. The lowest BCUT2D eigenvalue weighted by atomic mass is 10.1. The number of amides is 2. The molecule has 1 aromatic heterocycles. The van der Waals surface area contributed by atoms with E-state index in [1.807, 2.05) is 38.1 Å². The van der Waals surface area contributed by atoms with E-state index >= 15 is 0 Å². The Balaban J connectivity index is 1.77. The standard InChI is InChI=1S/C21H18ClN3O2/c1-13-5-3-4-6-17(13)25-21(27)19-12-15(9-10-23-19)20(26)24-18-8-7-16(22)11-14(18)2/h3-12H,1-2H3,(H,24,26)(H,25,27). The Labute approximate surface area is 162 Å². The van der Waals surface area contributed by atoms with Crippen molar-refractivity contribution in [1.29, 1.82) is 0 Å². The van der Waals surface area contributed by atoms with Crippen LogP contribution in [0.3, 0.4) is 0 Å². The summed E-state index contributed by atoms with van der Waals surface area (Å²) in [5.74, 6) is -0.700. The fourth-order valence-corrected chi connectivity index (χ4v) is 2.78. The third-order valence-electron chi connectivity index (χ3n) is 4.08. The first kappa shape index (κ1) is 18.6. The van der Waals surface area contributed by atoms with E-state index in [9.17, 15) is 9.59 Å². The number of para-hydroxylation sites is 1. The molecule has 0 atom stereocenters. The van der Waals surface area contributed by atoms with E-state index < -0.39 is 0 Å². The molecular formula is C21H18ClN3O2. The summed E-state index contributed by atoms with van der Waals surface area (Å²) < 4.78 is 0. The summed E-state index contributed by atoms with van der Waals surface area (Å²) in [6.45, 7) is 3.76. The molecule has 27 heavy (non-hydrogen) atoms. The molecule has 3 rings (SSSR count). The third-order valence-corrected chi connectivity index (χ3v) is 4.32. The largest absolute Gasteiger partial charge is 0.322 e. The number of carbonyl (C=O) groups excluding carboxylic acids is 2. The highest BCUT2D eigenvalue weighted by Gasteiger charge is 2.13. The van der Waals surface area contributed by atoms with E-state index in [2.05, 4.69) is 15.6 Å². The van der Waals surface area contributed by atoms with Crippen molar-refractivity contribution in [3.8, 4) is 0 Å². The summed E-state index contributed by atoms with van der Waals surface area (Å²) in [4.78, 5) is 29.1. The Kier molecular flexibility index (Phi) is 5.52. The third kappa shape index (κ3) is 4.51. The average molecular weight is 380 g/mol. The van der Waals surface area contributed by atoms with E-state index in [4.69, 9.17) is 11.6 Å². The predicted molar refractivity (Wildman–Crippen MR) is 108 cm³/mol. The molecule has 0 aliphatic heterocycles. The second kappa shape index (κ2) is 8.01. The Bertz CT molecular complexity index is 1020. The van der Waals surface area contributed by atoms with Crippen LogP contribution >= 0.6 is 11.6 Å². The van der Waals surface area contributed by atoms with E-state index in [0.29, 0.717) is 22.0 Å². The van der Waals surface area contributed by atoms with Crippen LogP contribution in [0.4, 0.5) is 11.4 Å². The molecule has 2 amide bonds. The van der Waals surface area contributed by atoms with Crippen LogP contribution in [0.15, 0.2) is 60.8 Å². The molecule has 0 radical (unpaired) electrons. The molecular weight excluding hydrogens is 362 g/mol. The molecule has 5 nitrogen and oxygen atoms in total. The van der Waals surface area contributed by atoms with E-state index in [1.165, 1.54) is 12.3 Å². The topological polar surface area (TPSA) is 71.1 Å². The lowest BCUT2D eigenvalue weighted by Crippen LogP contribution is -2.17. The van der Waals surface area contributed by atoms with Crippen LogP contribution < -0.4 is 10.6 Å². The molecule has 0 fully saturated rings. The fourth-order valence-electron chi connectivity index (χ4n) is 2.56. The second-order valence-electron chi connectivity index (χ2n) is 6.11. The van der Waals surface area contributed by atoms with Crippen molar-refractivity contribution >= 4 is 34.8 Å². The number of aryl methyl sites for hydroxylation is 2. The quantitative estimate of drug-likeness (QED) is 0.680. The highest BCUT2D eigenvalue weighted by Crippen LogP contribution is 2.20. The van der Waals surface area contributed by atoms with Gasteiger partial charge in [-0.1, -0.05) is 29.8 Å². The Hall–Kier alpha value is -3.18. The molecule has 1 heterocycles. The Morgan fingerprint density at radius 2 is 1.56 bits per heavy atom. The highest BCUT2D eigenvalue weighted by atomic mass is 35.5. The maximum atomic E-state index is 12.5. The average Bonchev–Trinajstić information content (AvgIpc) is 2.66. The van der Waals surface area contributed by atoms with Crippen molar-refractivity contribution in [3.63, 3.8) is 0 Å². The summed E-state index contributed by atoms with van der Waals surface area (Å²) in [5, 5.41) is 6.23. The van der Waals surface area contributed by atoms with Crippen LogP contribution in [0.25, 0.3) is 0 Å². The number of pyridine rings is 1. The normalized spacial score (nSPS) is 10.3. The molecule has 0 spiro atoms. The van der Waals surface area contributed by atoms with Gasteiger partial charge in [-0.2, -0.15) is 0 Å². The number of benzene rings is 2. The highest BCUT2D eigenvalue weighted by molar-refractivity contribution is 6.30. The van der Waals surface area contributed by atoms with Crippen LogP contribution in [0, 0.1) is 13.8 Å². The van der Waals surface area contributed by atoms with Crippen molar-refractivity contribution in [2.45, 2.75) is 13.8 Å². The zero-order valence-corrected chi connectivity index (χ0v) is 15.7. The van der Waals surface area contributed by atoms with Crippen molar-refractivity contribution in [2.24, 2.45) is 0 Å². The summed E-state index contributed by atoms with van der Waals surface area (Å²) in [6.07, 6.45) is 1.44. The van der Waals surface area contributed by atoms with Gasteiger partial charge in [0, 0.05) is 28.2 Å². The molecule has 0 aliphatic carbocycles. The van der Waals surface area contributed by atoms with Gasteiger partial charge in [-0.15, -0.1) is 0 Å². The first-order chi connectivity index (χ1) is 12.9. The van der Waals surface area contributed by atoms with Gasteiger partial charge in [0.2, 0.25) is 0 Å². The minimum atomic E-state index is -0.373.